The summed E-state index contributed by atoms with van der Waals surface area (Å²) in [5, 5.41) is 4.41. The Morgan fingerprint density at radius 2 is 2.00 bits per heavy atom. The largest absolute Gasteiger partial charge is 0.296 e. The Morgan fingerprint density at radius 1 is 1.33 bits per heavy atom. The minimum Gasteiger partial charge on any atom is -0.296 e. The average molecular weight is 225 g/mol. The third-order valence-corrected chi connectivity index (χ3v) is 3.11. The van der Waals surface area contributed by atoms with Crippen molar-refractivity contribution in [1.82, 2.24) is 4.90 Å². The van der Waals surface area contributed by atoms with E-state index in [9.17, 15) is 0 Å². The van der Waals surface area contributed by atoms with E-state index in [-0.39, 0.29) is 0 Å². The summed E-state index contributed by atoms with van der Waals surface area (Å²) >= 11 is 1.78. The third-order valence-electron chi connectivity index (χ3n) is 2.37. The molecular formula is C13H23NS. The lowest BCUT2D eigenvalue weighted by Crippen LogP contribution is -2.37. The molecule has 0 atom stereocenters. The highest BCUT2D eigenvalue weighted by atomic mass is 32.1. The normalized spacial score (nSPS) is 12.7. The van der Waals surface area contributed by atoms with Gasteiger partial charge in [-0.2, -0.15) is 11.3 Å². The zero-order valence-corrected chi connectivity index (χ0v) is 11.4. The maximum Gasteiger partial charge on any atom is 0.0244 e. The maximum atomic E-state index is 2.54. The monoisotopic (exact) mass is 225 g/mol. The molecule has 0 fully saturated rings. The highest BCUT2D eigenvalue weighted by Crippen LogP contribution is 2.19. The fraction of sp³-hybridized carbons (Fsp3) is 0.692. The molecule has 0 unspecified atom stereocenters. The lowest BCUT2D eigenvalue weighted by Gasteiger charge is -2.32. The molecule has 1 aromatic rings. The van der Waals surface area contributed by atoms with Crippen LogP contribution < -0.4 is 0 Å². The van der Waals surface area contributed by atoms with E-state index in [0.717, 1.165) is 13.1 Å². The second-order valence-corrected chi connectivity index (χ2v) is 6.47. The molecule has 1 heterocycles. The Morgan fingerprint density at radius 3 is 2.40 bits per heavy atom. The molecule has 86 valence electrons. The van der Waals surface area contributed by atoms with E-state index < -0.39 is 0 Å². The second kappa shape index (κ2) is 5.13. The van der Waals surface area contributed by atoms with Crippen LogP contribution in [0.4, 0.5) is 0 Å². The van der Waals surface area contributed by atoms with E-state index >= 15 is 0 Å². The smallest absolute Gasteiger partial charge is 0.0244 e. The molecule has 0 spiro atoms. The predicted octanol–water partition coefficient (Wildman–Crippen LogP) is 4.00. The van der Waals surface area contributed by atoms with Gasteiger partial charge in [0.2, 0.25) is 0 Å². The van der Waals surface area contributed by atoms with Gasteiger partial charge < -0.3 is 0 Å². The first-order chi connectivity index (χ1) is 6.88. The van der Waals surface area contributed by atoms with E-state index in [1.807, 2.05) is 0 Å². The Kier molecular flexibility index (Phi) is 4.35. The lowest BCUT2D eigenvalue weighted by molar-refractivity contribution is 0.147. The van der Waals surface area contributed by atoms with E-state index in [2.05, 4.69) is 56.3 Å². The first kappa shape index (κ1) is 12.7. The van der Waals surface area contributed by atoms with Crippen LogP contribution in [0.3, 0.4) is 0 Å². The van der Waals surface area contributed by atoms with Gasteiger partial charge in [0.25, 0.3) is 0 Å². The highest BCUT2D eigenvalue weighted by Gasteiger charge is 2.18. The van der Waals surface area contributed by atoms with Gasteiger partial charge in [0, 0.05) is 19.1 Å². The fourth-order valence-electron chi connectivity index (χ4n) is 1.65. The Hall–Kier alpha value is -0.340. The van der Waals surface area contributed by atoms with Gasteiger partial charge in [-0.3, -0.25) is 4.90 Å². The van der Waals surface area contributed by atoms with Crippen molar-refractivity contribution in [3.8, 4) is 0 Å². The van der Waals surface area contributed by atoms with Crippen LogP contribution in [0, 0.1) is 5.41 Å². The quantitative estimate of drug-likeness (QED) is 0.748. The first-order valence-electron chi connectivity index (χ1n) is 5.63. The number of rotatable bonds is 4. The van der Waals surface area contributed by atoms with Crippen LogP contribution in [0.2, 0.25) is 0 Å². The summed E-state index contributed by atoms with van der Waals surface area (Å²) in [5.74, 6) is 0. The van der Waals surface area contributed by atoms with Crippen molar-refractivity contribution in [2.45, 2.75) is 47.2 Å². The zero-order valence-electron chi connectivity index (χ0n) is 10.6. The van der Waals surface area contributed by atoms with Crippen LogP contribution >= 0.6 is 11.3 Å². The summed E-state index contributed by atoms with van der Waals surface area (Å²) in [7, 11) is 0. The van der Waals surface area contributed by atoms with E-state index in [4.69, 9.17) is 0 Å². The standard InChI is InChI=1S/C13H23NS/c1-11(2)14(10-13(3,4)5)8-12-6-7-15-9-12/h6-7,9,11H,8,10H2,1-5H3. The highest BCUT2D eigenvalue weighted by molar-refractivity contribution is 7.07. The van der Waals surface area contributed by atoms with E-state index in [1.54, 1.807) is 11.3 Å². The summed E-state index contributed by atoms with van der Waals surface area (Å²) in [6.45, 7) is 13.7. The Bertz CT molecular complexity index is 269. The second-order valence-electron chi connectivity index (χ2n) is 5.69. The average Bonchev–Trinajstić information content (AvgIpc) is 2.52. The molecule has 0 aliphatic carbocycles. The van der Waals surface area contributed by atoms with Gasteiger partial charge in [0.1, 0.15) is 0 Å². The predicted molar refractivity (Wildman–Crippen MR) is 69.3 cm³/mol. The van der Waals surface area contributed by atoms with Gasteiger partial charge in [-0.1, -0.05) is 20.8 Å². The van der Waals surface area contributed by atoms with Crippen LogP contribution in [0.15, 0.2) is 16.8 Å². The van der Waals surface area contributed by atoms with Crippen molar-refractivity contribution in [3.05, 3.63) is 22.4 Å². The summed E-state index contributed by atoms with van der Waals surface area (Å²) < 4.78 is 0. The Labute approximate surface area is 98.1 Å². The van der Waals surface area contributed by atoms with Crippen molar-refractivity contribution in [1.29, 1.82) is 0 Å². The molecule has 2 heteroatoms. The molecule has 15 heavy (non-hydrogen) atoms. The minimum atomic E-state index is 0.375. The molecule has 0 aliphatic heterocycles. The molecule has 1 aromatic heterocycles. The van der Waals surface area contributed by atoms with E-state index in [1.165, 1.54) is 5.56 Å². The molecular weight excluding hydrogens is 202 g/mol. The van der Waals surface area contributed by atoms with Gasteiger partial charge in [-0.25, -0.2) is 0 Å². The van der Waals surface area contributed by atoms with Gasteiger partial charge >= 0.3 is 0 Å². The lowest BCUT2D eigenvalue weighted by atomic mass is 9.95. The number of hydrogen-bond acceptors (Lipinski definition) is 2. The number of nitrogens with zero attached hydrogens (tertiary/aromatic N) is 1. The van der Waals surface area contributed by atoms with Crippen molar-refractivity contribution >= 4 is 11.3 Å². The van der Waals surface area contributed by atoms with Crippen molar-refractivity contribution in [2.24, 2.45) is 5.41 Å². The Balaban J connectivity index is 2.59. The molecule has 0 aromatic carbocycles. The van der Waals surface area contributed by atoms with Gasteiger partial charge in [-0.15, -0.1) is 0 Å². The van der Waals surface area contributed by atoms with E-state index in [0.29, 0.717) is 11.5 Å². The maximum absolute atomic E-state index is 2.54. The van der Waals surface area contributed by atoms with Crippen LogP contribution in [0.1, 0.15) is 40.2 Å². The fourth-order valence-corrected chi connectivity index (χ4v) is 2.31. The third kappa shape index (κ3) is 4.80. The summed E-state index contributed by atoms with van der Waals surface area (Å²) in [6, 6.07) is 2.84. The van der Waals surface area contributed by atoms with Gasteiger partial charge in [0.15, 0.2) is 0 Å². The van der Waals surface area contributed by atoms with Gasteiger partial charge in [-0.05, 0) is 41.7 Å². The number of hydrogen-bond donors (Lipinski definition) is 0. The molecule has 0 N–H and O–H groups in total. The van der Waals surface area contributed by atoms with Crippen molar-refractivity contribution in [2.75, 3.05) is 6.54 Å². The molecule has 0 saturated heterocycles. The summed E-state index contributed by atoms with van der Waals surface area (Å²) in [5.41, 5.74) is 1.82. The SMILES string of the molecule is CC(C)N(Cc1ccsc1)CC(C)(C)C. The van der Waals surface area contributed by atoms with Crippen LogP contribution in [-0.2, 0) is 6.54 Å². The molecule has 0 radical (unpaired) electrons. The molecule has 0 bridgehead atoms. The molecule has 0 aliphatic rings. The summed E-state index contributed by atoms with van der Waals surface area (Å²) in [4.78, 5) is 2.54. The van der Waals surface area contributed by atoms with Crippen LogP contribution in [0.5, 0.6) is 0 Å². The minimum absolute atomic E-state index is 0.375. The van der Waals surface area contributed by atoms with Gasteiger partial charge in [0.05, 0.1) is 0 Å². The van der Waals surface area contributed by atoms with Crippen molar-refractivity contribution in [3.63, 3.8) is 0 Å². The number of thiophene rings is 1. The first-order valence-corrected chi connectivity index (χ1v) is 6.58. The van der Waals surface area contributed by atoms with Crippen LogP contribution in [-0.4, -0.2) is 17.5 Å². The van der Waals surface area contributed by atoms with Crippen LogP contribution in [0.25, 0.3) is 0 Å². The molecule has 0 amide bonds. The molecule has 0 saturated carbocycles. The van der Waals surface area contributed by atoms with Crippen molar-refractivity contribution < 1.29 is 0 Å². The summed E-state index contributed by atoms with van der Waals surface area (Å²) in [6.07, 6.45) is 0. The molecule has 1 nitrogen and oxygen atoms in total. The zero-order chi connectivity index (χ0) is 11.5. The molecule has 1 rings (SSSR count). The topological polar surface area (TPSA) is 3.24 Å².